The summed E-state index contributed by atoms with van der Waals surface area (Å²) in [5, 5.41) is 6.48. The van der Waals surface area contributed by atoms with E-state index in [9.17, 15) is 13.6 Å². The van der Waals surface area contributed by atoms with Crippen LogP contribution in [0, 0.1) is 24.5 Å². The van der Waals surface area contributed by atoms with Crippen LogP contribution in [0.15, 0.2) is 60.7 Å². The molecule has 0 radical (unpaired) electrons. The van der Waals surface area contributed by atoms with Gasteiger partial charge in [0.1, 0.15) is 11.5 Å². The van der Waals surface area contributed by atoms with E-state index in [1.54, 1.807) is 0 Å². The third-order valence-corrected chi connectivity index (χ3v) is 7.74. The second-order valence-corrected chi connectivity index (χ2v) is 10.5. The first-order valence-corrected chi connectivity index (χ1v) is 13.5. The normalized spacial score (nSPS) is 16.5. The van der Waals surface area contributed by atoms with Crippen LogP contribution < -0.4 is 15.4 Å². The zero-order valence-electron chi connectivity index (χ0n) is 22.6. The molecule has 0 aliphatic carbocycles. The van der Waals surface area contributed by atoms with Crippen molar-refractivity contribution in [2.75, 3.05) is 31.5 Å². The molecule has 0 unspecified atom stereocenters. The highest BCUT2D eigenvalue weighted by Gasteiger charge is 2.24. The van der Waals surface area contributed by atoms with Gasteiger partial charge in [0.05, 0.1) is 0 Å². The number of nitrogens with one attached hydrogen (secondary N) is 2. The number of ether oxygens (including phenoxy) is 1. The Kier molecular flexibility index (Phi) is 11.8. The van der Waals surface area contributed by atoms with Gasteiger partial charge >= 0.3 is 0 Å². The van der Waals surface area contributed by atoms with E-state index in [1.807, 2.05) is 30.3 Å². The number of rotatable bonds is 7. The number of carbonyl (C=O) groups is 1. The number of likely N-dealkylation sites (tertiary alicyclic amines) is 1. The third-order valence-electron chi connectivity index (χ3n) is 7.74. The first-order chi connectivity index (χ1) is 18.4. The Bertz CT molecular complexity index is 1260. The van der Waals surface area contributed by atoms with Crippen molar-refractivity contribution in [1.29, 1.82) is 0 Å². The molecule has 0 atom stereocenters. The summed E-state index contributed by atoms with van der Waals surface area (Å²) >= 11 is 0. The molecule has 2 N–H and O–H groups in total. The summed E-state index contributed by atoms with van der Waals surface area (Å²) < 4.78 is 32.2. The number of anilines is 1. The minimum absolute atomic E-state index is 0. The molecule has 40 heavy (non-hydrogen) atoms. The molecule has 3 aromatic rings. The summed E-state index contributed by atoms with van der Waals surface area (Å²) in [6, 6.07) is 17.6. The van der Waals surface area contributed by atoms with Gasteiger partial charge in [0.25, 0.3) is 0 Å². The fourth-order valence-electron chi connectivity index (χ4n) is 5.49. The van der Waals surface area contributed by atoms with E-state index >= 15 is 0 Å². The van der Waals surface area contributed by atoms with Crippen LogP contribution in [-0.4, -0.2) is 37.0 Å². The highest BCUT2D eigenvalue weighted by atomic mass is 35.5. The maximum Gasteiger partial charge on any atom is 0.227 e. The summed E-state index contributed by atoms with van der Waals surface area (Å²) in [6.07, 6.45) is 3.94. The maximum atomic E-state index is 13.4. The number of piperidine rings is 2. The zero-order valence-corrected chi connectivity index (χ0v) is 24.3. The van der Waals surface area contributed by atoms with Crippen molar-refractivity contribution in [2.24, 2.45) is 5.92 Å². The average Bonchev–Trinajstić information content (AvgIpc) is 2.94. The molecule has 0 spiro atoms. The topological polar surface area (TPSA) is 53.6 Å². The van der Waals surface area contributed by atoms with Crippen molar-refractivity contribution < 1.29 is 18.3 Å². The number of nitrogens with zero attached hydrogens (tertiary/aromatic N) is 1. The van der Waals surface area contributed by atoms with E-state index in [0.29, 0.717) is 11.7 Å². The van der Waals surface area contributed by atoms with Crippen LogP contribution in [0.3, 0.4) is 0 Å². The van der Waals surface area contributed by atoms with Gasteiger partial charge in [0, 0.05) is 24.2 Å². The van der Waals surface area contributed by atoms with Crippen LogP contribution in [0.25, 0.3) is 0 Å². The Balaban J connectivity index is 0.00000220. The van der Waals surface area contributed by atoms with E-state index in [0.717, 1.165) is 76.2 Å². The van der Waals surface area contributed by atoms with Crippen molar-refractivity contribution in [1.82, 2.24) is 10.2 Å². The van der Waals surface area contributed by atoms with Gasteiger partial charge in [-0.25, -0.2) is 8.78 Å². The Morgan fingerprint density at radius 2 is 1.57 bits per heavy atom. The molecule has 5 rings (SSSR count). The lowest BCUT2D eigenvalue weighted by Gasteiger charge is -2.33. The summed E-state index contributed by atoms with van der Waals surface area (Å²) in [7, 11) is 0. The lowest BCUT2D eigenvalue weighted by Crippen LogP contribution is -2.34. The number of hydrogen-bond donors (Lipinski definition) is 2. The minimum atomic E-state index is -0.925. The molecule has 2 saturated heterocycles. The van der Waals surface area contributed by atoms with Crippen LogP contribution in [0.5, 0.6) is 11.5 Å². The van der Waals surface area contributed by atoms with Gasteiger partial charge in [-0.05, 0) is 118 Å². The van der Waals surface area contributed by atoms with E-state index < -0.39 is 11.6 Å². The van der Waals surface area contributed by atoms with E-state index in [2.05, 4.69) is 34.6 Å². The highest BCUT2D eigenvalue weighted by molar-refractivity contribution is 5.92. The van der Waals surface area contributed by atoms with Gasteiger partial charge in [-0.3, -0.25) is 9.69 Å². The quantitative estimate of drug-likeness (QED) is 0.304. The molecule has 1 amide bonds. The summed E-state index contributed by atoms with van der Waals surface area (Å²) in [6.45, 7) is 6.83. The minimum Gasteiger partial charge on any atom is -0.457 e. The van der Waals surface area contributed by atoms with Crippen LogP contribution in [-0.2, 0) is 11.3 Å². The van der Waals surface area contributed by atoms with E-state index in [-0.39, 0.29) is 42.4 Å². The van der Waals surface area contributed by atoms with Crippen molar-refractivity contribution >= 4 is 36.4 Å². The van der Waals surface area contributed by atoms with E-state index in [1.165, 1.54) is 22.8 Å². The maximum absolute atomic E-state index is 13.4. The molecule has 5 nitrogen and oxygen atoms in total. The average molecular weight is 593 g/mol. The molecule has 0 aromatic heterocycles. The molecule has 0 saturated carbocycles. The standard InChI is InChI=1S/C31H35F2N3O2.2ClH/c1-21-2-5-25(35-31(37)24-10-14-34-15-11-24)18-28(21)23-12-16-36(17-13-23)20-22-3-6-26(7-4-22)38-27-8-9-29(32)30(33)19-27;;/h2-9,18-19,23-24,34H,10-17,20H2,1H3,(H,35,37);2*1H. The molecule has 3 aromatic carbocycles. The molecular weight excluding hydrogens is 555 g/mol. The third kappa shape index (κ3) is 8.16. The van der Waals surface area contributed by atoms with Gasteiger partial charge < -0.3 is 15.4 Å². The van der Waals surface area contributed by atoms with Crippen molar-refractivity contribution in [3.05, 3.63) is 89.0 Å². The van der Waals surface area contributed by atoms with Crippen molar-refractivity contribution in [3.63, 3.8) is 0 Å². The lowest BCUT2D eigenvalue weighted by molar-refractivity contribution is -0.120. The largest absolute Gasteiger partial charge is 0.457 e. The Labute approximate surface area is 247 Å². The summed E-state index contributed by atoms with van der Waals surface area (Å²) in [4.78, 5) is 15.2. The van der Waals surface area contributed by atoms with Crippen LogP contribution in [0.1, 0.15) is 48.3 Å². The fourth-order valence-corrected chi connectivity index (χ4v) is 5.49. The first kappa shape index (κ1) is 31.8. The highest BCUT2D eigenvalue weighted by Crippen LogP contribution is 2.33. The number of aryl methyl sites for hydroxylation is 1. The fraction of sp³-hybridized carbons (Fsp3) is 0.387. The summed E-state index contributed by atoms with van der Waals surface area (Å²) in [5.74, 6) is -0.253. The molecule has 216 valence electrons. The number of halogens is 4. The predicted octanol–water partition coefficient (Wildman–Crippen LogP) is 7.23. The van der Waals surface area contributed by atoms with Crippen molar-refractivity contribution in [3.8, 4) is 11.5 Å². The number of hydrogen-bond acceptors (Lipinski definition) is 4. The Morgan fingerprint density at radius 3 is 2.25 bits per heavy atom. The second kappa shape index (κ2) is 14.8. The number of amides is 1. The molecule has 2 aliphatic rings. The molecule has 2 fully saturated rings. The second-order valence-electron chi connectivity index (χ2n) is 10.5. The van der Waals surface area contributed by atoms with Crippen LogP contribution in [0.2, 0.25) is 0 Å². The first-order valence-electron chi connectivity index (χ1n) is 13.5. The molecular formula is C31H37Cl2F2N3O2. The van der Waals surface area contributed by atoms with Crippen molar-refractivity contribution in [2.45, 2.75) is 45.1 Å². The molecule has 2 aliphatic heterocycles. The number of carbonyl (C=O) groups excluding carboxylic acids is 1. The summed E-state index contributed by atoms with van der Waals surface area (Å²) in [5.41, 5.74) is 4.70. The van der Waals surface area contributed by atoms with E-state index in [4.69, 9.17) is 4.74 Å². The zero-order chi connectivity index (χ0) is 26.5. The Morgan fingerprint density at radius 1 is 0.900 bits per heavy atom. The van der Waals surface area contributed by atoms with Gasteiger partial charge in [-0.2, -0.15) is 0 Å². The van der Waals surface area contributed by atoms with Gasteiger partial charge in [-0.15, -0.1) is 24.8 Å². The van der Waals surface area contributed by atoms with Gasteiger partial charge in [-0.1, -0.05) is 18.2 Å². The number of benzene rings is 3. The molecule has 9 heteroatoms. The van der Waals surface area contributed by atoms with Gasteiger partial charge in [0.15, 0.2) is 11.6 Å². The Hall–Kier alpha value is -2.71. The van der Waals surface area contributed by atoms with Gasteiger partial charge in [0.2, 0.25) is 5.91 Å². The smallest absolute Gasteiger partial charge is 0.227 e. The van der Waals surface area contributed by atoms with Crippen LogP contribution >= 0.6 is 24.8 Å². The molecule has 0 bridgehead atoms. The molecule has 2 heterocycles. The van der Waals surface area contributed by atoms with Crippen LogP contribution in [0.4, 0.5) is 14.5 Å². The SMILES string of the molecule is Cc1ccc(NC(=O)C2CCNCC2)cc1C1CCN(Cc2ccc(Oc3ccc(F)c(F)c3)cc2)CC1.Cl.Cl. The predicted molar refractivity (Wildman–Crippen MR) is 160 cm³/mol. The lowest BCUT2D eigenvalue weighted by atomic mass is 9.86. The monoisotopic (exact) mass is 591 g/mol.